The normalized spacial score (nSPS) is 20.0. The number of carbonyl (C=O) groups excluding carboxylic acids is 2. The van der Waals surface area contributed by atoms with Crippen molar-refractivity contribution in [1.29, 1.82) is 0 Å². The van der Waals surface area contributed by atoms with E-state index in [2.05, 4.69) is 23.2 Å². The van der Waals surface area contributed by atoms with Gasteiger partial charge in [-0.25, -0.2) is 4.79 Å². The van der Waals surface area contributed by atoms with Crippen LogP contribution < -0.4 is 5.32 Å². The lowest BCUT2D eigenvalue weighted by Crippen LogP contribution is -2.41. The second-order valence-electron chi connectivity index (χ2n) is 7.51. The number of nitrogens with zero attached hydrogens (tertiary/aromatic N) is 1. The highest BCUT2D eigenvalue weighted by Gasteiger charge is 2.45. The van der Waals surface area contributed by atoms with Gasteiger partial charge in [-0.05, 0) is 51.3 Å². The summed E-state index contributed by atoms with van der Waals surface area (Å²) in [5.41, 5.74) is 1.24. The number of nitrogens with one attached hydrogen (secondary N) is 1. The summed E-state index contributed by atoms with van der Waals surface area (Å²) in [5, 5.41) is 2.59. The monoisotopic (exact) mass is 343 g/mol. The van der Waals surface area contributed by atoms with Crippen LogP contribution in [0.25, 0.3) is 4.85 Å². The molecule has 134 valence electrons. The van der Waals surface area contributed by atoms with Crippen LogP contribution in [0.15, 0.2) is 24.3 Å². The van der Waals surface area contributed by atoms with Crippen molar-refractivity contribution >= 4 is 12.4 Å². The fourth-order valence-electron chi connectivity index (χ4n) is 2.60. The van der Waals surface area contributed by atoms with E-state index in [1.165, 1.54) is 0 Å². The number of alkyl carbamates (subject to hydrolysis) is 1. The van der Waals surface area contributed by atoms with Crippen molar-refractivity contribution < 1.29 is 14.3 Å². The first-order chi connectivity index (χ1) is 11.8. The van der Waals surface area contributed by atoms with Gasteiger partial charge in [0.15, 0.2) is 0 Å². The molecule has 1 saturated carbocycles. The first kappa shape index (κ1) is 19.0. The van der Waals surface area contributed by atoms with Crippen molar-refractivity contribution in [3.05, 3.63) is 40.2 Å². The molecule has 0 aromatic heterocycles. The van der Waals surface area contributed by atoms with Crippen LogP contribution in [0.2, 0.25) is 0 Å². The Balaban J connectivity index is 1.95. The van der Waals surface area contributed by atoms with Gasteiger partial charge in [0.2, 0.25) is 0 Å². The number of amides is 1. The molecule has 1 fully saturated rings. The van der Waals surface area contributed by atoms with Crippen molar-refractivity contribution in [2.45, 2.75) is 64.6 Å². The number of hydrogen-bond donors (Lipinski definition) is 1. The van der Waals surface area contributed by atoms with E-state index < -0.39 is 17.7 Å². The first-order valence-electron chi connectivity index (χ1n) is 8.80. The third-order valence-electron chi connectivity index (χ3n) is 4.02. The zero-order chi connectivity index (χ0) is 18.4. The van der Waals surface area contributed by atoms with Gasteiger partial charge in [0, 0.05) is 12.3 Å². The topological polar surface area (TPSA) is 59.8 Å². The third-order valence-corrected chi connectivity index (χ3v) is 4.02. The predicted molar refractivity (Wildman–Crippen MR) is 97.9 cm³/mol. The zero-order valence-corrected chi connectivity index (χ0v) is 15.4. The lowest BCUT2D eigenvalue weighted by Gasteiger charge is -2.21. The van der Waals surface area contributed by atoms with E-state index in [0.717, 1.165) is 30.3 Å². The Morgan fingerprint density at radius 3 is 2.84 bits per heavy atom. The summed E-state index contributed by atoms with van der Waals surface area (Å²) < 4.78 is 5.19. The van der Waals surface area contributed by atoms with E-state index in [1.54, 1.807) is 20.8 Å². The molecule has 0 aliphatic heterocycles. The molecule has 0 heterocycles. The minimum absolute atomic E-state index is 0.402. The molecule has 1 aromatic rings. The third kappa shape index (κ3) is 6.58. The maximum Gasteiger partial charge on any atom is 0.408 e. The summed E-state index contributed by atoms with van der Waals surface area (Å²) in [5.74, 6) is 0.702. The first-order valence-corrected chi connectivity index (χ1v) is 8.80. The maximum atomic E-state index is 11.8. The summed E-state index contributed by atoms with van der Waals surface area (Å²) in [6, 6.07) is 10.6. The SMILES string of the molecule is CCC1CC1[N+]#Cc1cccc(C[C@@H](C=O)NC(=O)OC(C)(C)C)c1. The van der Waals surface area contributed by atoms with Crippen molar-refractivity contribution in [2.75, 3.05) is 0 Å². The molecule has 1 aliphatic rings. The van der Waals surface area contributed by atoms with Crippen LogP contribution in [0.4, 0.5) is 4.79 Å². The quantitative estimate of drug-likeness (QED) is 0.827. The average Bonchev–Trinajstić information content (AvgIpc) is 3.29. The summed E-state index contributed by atoms with van der Waals surface area (Å²) in [6.45, 7) is 7.52. The maximum absolute atomic E-state index is 11.8. The van der Waals surface area contributed by atoms with Gasteiger partial charge in [-0.2, -0.15) is 0 Å². The molecular formula is C20H27N2O3+. The van der Waals surface area contributed by atoms with Gasteiger partial charge in [-0.15, -0.1) is 0 Å². The van der Waals surface area contributed by atoms with Crippen LogP contribution in [-0.4, -0.2) is 30.1 Å². The molecule has 0 radical (unpaired) electrons. The zero-order valence-electron chi connectivity index (χ0n) is 15.4. The molecule has 2 rings (SSSR count). The molecule has 2 unspecified atom stereocenters. The fourth-order valence-corrected chi connectivity index (χ4v) is 2.60. The lowest BCUT2D eigenvalue weighted by atomic mass is 10.0. The van der Waals surface area contributed by atoms with E-state index in [9.17, 15) is 9.59 Å². The second-order valence-corrected chi connectivity index (χ2v) is 7.51. The second kappa shape index (κ2) is 8.15. The Labute approximate surface area is 149 Å². The molecule has 0 saturated heterocycles. The van der Waals surface area contributed by atoms with Gasteiger partial charge in [0.25, 0.3) is 6.04 Å². The number of hydrogen-bond acceptors (Lipinski definition) is 3. The van der Waals surface area contributed by atoms with Crippen molar-refractivity contribution in [3.8, 4) is 6.07 Å². The molecule has 1 N–H and O–H groups in total. The van der Waals surface area contributed by atoms with Crippen LogP contribution in [0.3, 0.4) is 0 Å². The predicted octanol–water partition coefficient (Wildman–Crippen LogP) is 3.80. The minimum Gasteiger partial charge on any atom is -0.444 e. The molecule has 0 bridgehead atoms. The highest BCUT2D eigenvalue weighted by Crippen LogP contribution is 2.36. The summed E-state index contributed by atoms with van der Waals surface area (Å²) >= 11 is 0. The molecular weight excluding hydrogens is 316 g/mol. The summed E-state index contributed by atoms with van der Waals surface area (Å²) in [4.78, 5) is 27.6. The molecule has 25 heavy (non-hydrogen) atoms. The van der Waals surface area contributed by atoms with Crippen molar-refractivity contribution in [2.24, 2.45) is 5.92 Å². The molecule has 5 nitrogen and oxygen atoms in total. The minimum atomic E-state index is -0.630. The van der Waals surface area contributed by atoms with Gasteiger partial charge >= 0.3 is 12.2 Å². The molecule has 0 spiro atoms. The standard InChI is InChI=1S/C20H26N2O3/c1-5-16-11-18(16)21-12-15-8-6-7-14(9-15)10-17(13-23)22-19(24)25-20(2,3)4/h6-9,13,16-18H,5,10-11H2,1-4H3/p+1/t16?,17-,18?/m0/s1. The van der Waals surface area contributed by atoms with Gasteiger partial charge in [-0.1, -0.05) is 23.9 Å². The smallest absolute Gasteiger partial charge is 0.408 e. The van der Waals surface area contributed by atoms with Crippen molar-refractivity contribution in [3.63, 3.8) is 0 Å². The Kier molecular flexibility index (Phi) is 6.19. The van der Waals surface area contributed by atoms with Crippen molar-refractivity contribution in [1.82, 2.24) is 5.32 Å². The van der Waals surface area contributed by atoms with E-state index in [0.29, 0.717) is 18.4 Å². The average molecular weight is 343 g/mol. The van der Waals surface area contributed by atoms with Crippen LogP contribution >= 0.6 is 0 Å². The van der Waals surface area contributed by atoms with E-state index >= 15 is 0 Å². The molecule has 1 amide bonds. The molecule has 3 atom stereocenters. The van der Waals surface area contributed by atoms with E-state index in [-0.39, 0.29) is 0 Å². The Morgan fingerprint density at radius 1 is 1.48 bits per heavy atom. The number of benzene rings is 1. The Bertz CT molecular complexity index is 682. The van der Waals surface area contributed by atoms with Crippen LogP contribution in [-0.2, 0) is 16.0 Å². The highest BCUT2D eigenvalue weighted by atomic mass is 16.6. The molecule has 5 heteroatoms. The van der Waals surface area contributed by atoms with Gasteiger partial charge < -0.3 is 14.8 Å². The number of carbonyl (C=O) groups is 2. The summed E-state index contributed by atoms with van der Waals surface area (Å²) in [7, 11) is 0. The Hall–Kier alpha value is -2.35. The number of aldehydes is 1. The largest absolute Gasteiger partial charge is 0.444 e. The van der Waals surface area contributed by atoms with E-state index in [1.807, 2.05) is 24.3 Å². The summed E-state index contributed by atoms with van der Waals surface area (Å²) in [6.07, 6.45) is 2.85. The number of ether oxygens (including phenoxy) is 1. The molecule has 1 aliphatic carbocycles. The Morgan fingerprint density at radius 2 is 2.24 bits per heavy atom. The van der Waals surface area contributed by atoms with E-state index in [4.69, 9.17) is 4.74 Å². The van der Waals surface area contributed by atoms with Crippen LogP contribution in [0.1, 0.15) is 51.7 Å². The van der Waals surface area contributed by atoms with Gasteiger partial charge in [0.05, 0.1) is 6.04 Å². The van der Waals surface area contributed by atoms with Gasteiger partial charge in [0.1, 0.15) is 17.5 Å². The fraction of sp³-hybridized carbons (Fsp3) is 0.550. The number of rotatable bonds is 5. The van der Waals surface area contributed by atoms with Crippen LogP contribution in [0, 0.1) is 12.0 Å². The highest BCUT2D eigenvalue weighted by molar-refractivity contribution is 5.73. The van der Waals surface area contributed by atoms with Gasteiger partial charge in [-0.3, -0.25) is 0 Å². The van der Waals surface area contributed by atoms with Crippen LogP contribution in [0.5, 0.6) is 0 Å². The molecule has 1 aromatic carbocycles. The lowest BCUT2D eigenvalue weighted by molar-refractivity contribution is -0.109.